The smallest absolute Gasteiger partial charge is 0.267 e. The molecule has 0 saturated heterocycles. The number of hydrogen-bond acceptors (Lipinski definition) is 3. The van der Waals surface area contributed by atoms with Crippen molar-refractivity contribution in [2.45, 2.75) is 20.8 Å². The molecule has 0 saturated carbocycles. The Kier molecular flexibility index (Phi) is 2.55. The van der Waals surface area contributed by atoms with Crippen molar-refractivity contribution >= 4 is 28.2 Å². The number of hydrogen-bond donors (Lipinski definition) is 1. The molecule has 2 rings (SSSR count). The summed E-state index contributed by atoms with van der Waals surface area (Å²) in [5.41, 5.74) is 7.08. The second-order valence-electron chi connectivity index (χ2n) is 3.88. The Morgan fingerprint density at radius 2 is 2.25 bits per heavy atom. The van der Waals surface area contributed by atoms with E-state index in [1.165, 1.54) is 11.3 Å². The molecule has 0 spiro atoms. The lowest BCUT2D eigenvalue weighted by Gasteiger charge is -1.98. The Morgan fingerprint density at radius 1 is 1.56 bits per heavy atom. The molecule has 0 aliphatic heterocycles. The largest absolute Gasteiger partial charge is 0.364 e. The normalized spacial score (nSPS) is 10.7. The van der Waals surface area contributed by atoms with E-state index >= 15 is 0 Å². The summed E-state index contributed by atoms with van der Waals surface area (Å²) in [6, 6.07) is 0. The van der Waals surface area contributed by atoms with Crippen molar-refractivity contribution < 1.29 is 4.79 Å². The van der Waals surface area contributed by atoms with Gasteiger partial charge in [-0.3, -0.25) is 9.20 Å². The second kappa shape index (κ2) is 3.75. The molecule has 2 N–H and O–H groups in total. The summed E-state index contributed by atoms with van der Waals surface area (Å²) in [5.74, 6) is 0.369. The highest BCUT2D eigenvalue weighted by Crippen LogP contribution is 2.26. The van der Waals surface area contributed by atoms with Gasteiger partial charge in [-0.25, -0.2) is 4.98 Å². The summed E-state index contributed by atoms with van der Waals surface area (Å²) >= 11 is 1.52. The predicted molar refractivity (Wildman–Crippen MR) is 65.6 cm³/mol. The molecule has 2 aromatic rings. The van der Waals surface area contributed by atoms with E-state index in [1.54, 1.807) is 6.20 Å². The van der Waals surface area contributed by atoms with Gasteiger partial charge < -0.3 is 5.73 Å². The molecule has 2 aromatic heterocycles. The fourth-order valence-corrected chi connectivity index (χ4v) is 2.86. The average molecular weight is 235 g/mol. The quantitative estimate of drug-likeness (QED) is 0.867. The zero-order valence-corrected chi connectivity index (χ0v) is 10.3. The van der Waals surface area contributed by atoms with Crippen LogP contribution in [0.4, 0.5) is 0 Å². The van der Waals surface area contributed by atoms with Crippen LogP contribution in [0, 0.1) is 6.92 Å². The number of primary amides is 1. The Bertz CT molecular complexity index is 588. The molecule has 0 atom stereocenters. The Hall–Kier alpha value is -1.62. The minimum Gasteiger partial charge on any atom is -0.364 e. The number of allylic oxidation sites excluding steroid dienone is 1. The van der Waals surface area contributed by atoms with E-state index < -0.39 is 5.91 Å². The molecule has 2 heterocycles. The summed E-state index contributed by atoms with van der Waals surface area (Å²) in [7, 11) is 0. The molecule has 0 aliphatic carbocycles. The minimum atomic E-state index is -0.417. The van der Waals surface area contributed by atoms with Crippen LogP contribution >= 0.6 is 11.3 Å². The molecule has 84 valence electrons. The number of thiazole rings is 1. The van der Waals surface area contributed by atoms with Crippen LogP contribution in [0.1, 0.15) is 35.0 Å². The first-order valence-corrected chi connectivity index (χ1v) is 5.74. The average Bonchev–Trinajstić information content (AvgIpc) is 2.65. The van der Waals surface area contributed by atoms with Crippen LogP contribution in [-0.2, 0) is 0 Å². The van der Waals surface area contributed by atoms with Crippen molar-refractivity contribution in [3.63, 3.8) is 0 Å². The molecule has 0 radical (unpaired) electrons. The first kappa shape index (κ1) is 10.9. The van der Waals surface area contributed by atoms with E-state index in [0.29, 0.717) is 5.69 Å². The maximum Gasteiger partial charge on any atom is 0.267 e. The fraction of sp³-hybridized carbons (Fsp3) is 0.273. The summed E-state index contributed by atoms with van der Waals surface area (Å²) < 4.78 is 1.81. The highest BCUT2D eigenvalue weighted by Gasteiger charge is 2.17. The van der Waals surface area contributed by atoms with Crippen molar-refractivity contribution in [3.8, 4) is 0 Å². The molecule has 5 heteroatoms. The number of carbonyl (C=O) groups is 1. The number of aryl methyl sites for hydroxylation is 1. The van der Waals surface area contributed by atoms with Gasteiger partial charge in [0.25, 0.3) is 5.91 Å². The number of imidazole rings is 1. The molecule has 4 nitrogen and oxygen atoms in total. The maximum atomic E-state index is 11.5. The highest BCUT2D eigenvalue weighted by molar-refractivity contribution is 7.18. The van der Waals surface area contributed by atoms with Crippen LogP contribution in [0.25, 0.3) is 10.9 Å². The first-order chi connectivity index (χ1) is 7.50. The third kappa shape index (κ3) is 1.63. The van der Waals surface area contributed by atoms with Crippen molar-refractivity contribution in [1.29, 1.82) is 0 Å². The summed E-state index contributed by atoms with van der Waals surface area (Å²) in [6.45, 7) is 5.84. The van der Waals surface area contributed by atoms with Gasteiger partial charge in [0.1, 0.15) is 16.3 Å². The number of fused-ring (bicyclic) bond motifs is 1. The minimum absolute atomic E-state index is 0.417. The van der Waals surface area contributed by atoms with Crippen LogP contribution in [0.3, 0.4) is 0 Å². The lowest BCUT2D eigenvalue weighted by molar-refractivity contribution is 0.0994. The number of carbonyl (C=O) groups excluding carboxylic acids is 1. The topological polar surface area (TPSA) is 60.4 Å². The van der Waals surface area contributed by atoms with Gasteiger partial charge in [-0.05, 0) is 26.8 Å². The maximum absolute atomic E-state index is 11.5. The van der Waals surface area contributed by atoms with Gasteiger partial charge >= 0.3 is 0 Å². The predicted octanol–water partition coefficient (Wildman–Crippen LogP) is 2.23. The van der Waals surface area contributed by atoms with Crippen molar-refractivity contribution in [2.24, 2.45) is 5.73 Å². The lowest BCUT2D eigenvalue weighted by atomic mass is 10.2. The zero-order chi connectivity index (χ0) is 11.9. The van der Waals surface area contributed by atoms with Crippen LogP contribution in [0.15, 0.2) is 11.8 Å². The lowest BCUT2D eigenvalue weighted by Crippen LogP contribution is -2.15. The molecular weight excluding hydrogens is 222 g/mol. The summed E-state index contributed by atoms with van der Waals surface area (Å²) in [5, 5.41) is 0. The Labute approximate surface area is 97.4 Å². The van der Waals surface area contributed by atoms with Crippen LogP contribution < -0.4 is 5.73 Å². The van der Waals surface area contributed by atoms with Gasteiger partial charge in [0.2, 0.25) is 0 Å². The number of nitrogens with two attached hydrogens (primary N) is 1. The van der Waals surface area contributed by atoms with E-state index in [-0.39, 0.29) is 0 Å². The Morgan fingerprint density at radius 3 is 2.81 bits per heavy atom. The molecule has 0 fully saturated rings. The van der Waals surface area contributed by atoms with Crippen molar-refractivity contribution in [1.82, 2.24) is 9.38 Å². The van der Waals surface area contributed by atoms with Crippen molar-refractivity contribution in [3.05, 3.63) is 28.2 Å². The van der Waals surface area contributed by atoms with E-state index in [1.807, 2.05) is 31.2 Å². The standard InChI is InChI=1S/C11H13N3OS/c1-6(2)4-8-10(11(12)15)14-7(3)13-5-9(14)16-8/h4-5H,1-3H3,(H2,12,15). The fourth-order valence-electron chi connectivity index (χ4n) is 1.63. The van der Waals surface area contributed by atoms with E-state index in [9.17, 15) is 4.79 Å². The van der Waals surface area contributed by atoms with Gasteiger partial charge in [-0.1, -0.05) is 5.57 Å². The number of amides is 1. The zero-order valence-electron chi connectivity index (χ0n) is 9.44. The SMILES string of the molecule is CC(C)=Cc1sc2cnc(C)n2c1C(N)=O. The van der Waals surface area contributed by atoms with Crippen LogP contribution in [-0.4, -0.2) is 15.3 Å². The number of aromatic nitrogens is 2. The molecule has 0 aliphatic rings. The highest BCUT2D eigenvalue weighted by atomic mass is 32.1. The van der Waals surface area contributed by atoms with Crippen LogP contribution in [0.5, 0.6) is 0 Å². The molecule has 0 aromatic carbocycles. The second-order valence-corrected chi connectivity index (χ2v) is 4.94. The Balaban J connectivity index is 2.79. The third-order valence-corrected chi connectivity index (χ3v) is 3.26. The molecule has 0 bridgehead atoms. The van der Waals surface area contributed by atoms with E-state index in [2.05, 4.69) is 4.98 Å². The van der Waals surface area contributed by atoms with Crippen LogP contribution in [0.2, 0.25) is 0 Å². The van der Waals surface area contributed by atoms with Gasteiger partial charge in [0.15, 0.2) is 0 Å². The molecule has 16 heavy (non-hydrogen) atoms. The third-order valence-electron chi connectivity index (χ3n) is 2.23. The van der Waals surface area contributed by atoms with Gasteiger partial charge in [0.05, 0.1) is 11.1 Å². The van der Waals surface area contributed by atoms with Crippen molar-refractivity contribution in [2.75, 3.05) is 0 Å². The summed E-state index contributed by atoms with van der Waals surface area (Å²) in [4.78, 5) is 17.5. The monoisotopic (exact) mass is 235 g/mol. The first-order valence-electron chi connectivity index (χ1n) is 4.92. The number of rotatable bonds is 2. The molecule has 1 amide bonds. The van der Waals surface area contributed by atoms with Gasteiger partial charge in [-0.15, -0.1) is 11.3 Å². The van der Waals surface area contributed by atoms with E-state index in [4.69, 9.17) is 5.73 Å². The molecule has 0 unspecified atom stereocenters. The van der Waals surface area contributed by atoms with E-state index in [0.717, 1.165) is 21.1 Å². The van der Waals surface area contributed by atoms with Gasteiger partial charge in [-0.2, -0.15) is 0 Å². The summed E-state index contributed by atoms with van der Waals surface area (Å²) in [6.07, 6.45) is 3.73. The molecular formula is C11H13N3OS. The number of nitrogens with zero attached hydrogens (tertiary/aromatic N) is 2. The van der Waals surface area contributed by atoms with Gasteiger partial charge in [0, 0.05) is 0 Å².